The highest BCUT2D eigenvalue weighted by atomic mass is 16.2. The number of carbonyl (C=O) groups is 1. The Bertz CT molecular complexity index is 994. The molecule has 3 heterocycles. The number of amides is 1. The molecule has 1 aliphatic carbocycles. The molecule has 2 aromatic heterocycles. The van der Waals surface area contributed by atoms with Gasteiger partial charge in [-0.3, -0.25) is 9.89 Å². The number of fused-ring (bicyclic) bond motifs is 1. The molecule has 5 rings (SSSR count). The van der Waals surface area contributed by atoms with Crippen LogP contribution in [0.15, 0.2) is 36.8 Å². The van der Waals surface area contributed by atoms with E-state index in [-0.39, 0.29) is 11.9 Å². The van der Waals surface area contributed by atoms with Crippen molar-refractivity contribution in [3.63, 3.8) is 0 Å². The lowest BCUT2D eigenvalue weighted by Crippen LogP contribution is -2.41. The highest BCUT2D eigenvalue weighted by molar-refractivity contribution is 6.01. The van der Waals surface area contributed by atoms with E-state index in [1.54, 1.807) is 6.20 Å². The van der Waals surface area contributed by atoms with Gasteiger partial charge in [-0.05, 0) is 12.3 Å². The first kappa shape index (κ1) is 17.8. The summed E-state index contributed by atoms with van der Waals surface area (Å²) in [5, 5.41) is 13.0. The molecule has 8 nitrogen and oxygen atoms in total. The Hall–Kier alpha value is -3.29. The van der Waals surface area contributed by atoms with Crippen LogP contribution in [0, 0.1) is 5.92 Å². The average Bonchev–Trinajstić information content (AvgIpc) is 3.30. The maximum absolute atomic E-state index is 12.5. The zero-order valence-corrected chi connectivity index (χ0v) is 16.1. The summed E-state index contributed by atoms with van der Waals surface area (Å²) in [5.41, 5.74) is 2.66. The highest BCUT2D eigenvalue weighted by Crippen LogP contribution is 2.32. The number of carbonyl (C=O) groups excluding carboxylic acids is 1. The second-order valence-corrected chi connectivity index (χ2v) is 7.79. The summed E-state index contributed by atoms with van der Waals surface area (Å²) < 4.78 is 0. The third kappa shape index (κ3) is 3.70. The predicted molar refractivity (Wildman–Crippen MR) is 110 cm³/mol. The highest BCUT2D eigenvalue weighted by Gasteiger charge is 2.30. The number of aromatic nitrogens is 5. The predicted octanol–water partition coefficient (Wildman–Crippen LogP) is 3.63. The quantitative estimate of drug-likeness (QED) is 0.629. The number of aromatic amines is 1. The molecule has 1 aromatic carbocycles. The van der Waals surface area contributed by atoms with Gasteiger partial charge in [-0.15, -0.1) is 0 Å². The Morgan fingerprint density at radius 2 is 1.76 bits per heavy atom. The SMILES string of the molecule is O=C1Nc2ncc(-c3ccc(-c4ncn[nH]4)cc3)nc2N[C@H]1CC1CCCCC1. The van der Waals surface area contributed by atoms with Crippen molar-refractivity contribution in [3.8, 4) is 22.6 Å². The number of nitrogens with one attached hydrogen (secondary N) is 3. The van der Waals surface area contributed by atoms with Gasteiger partial charge < -0.3 is 10.6 Å². The summed E-state index contributed by atoms with van der Waals surface area (Å²) in [6, 6.07) is 7.66. The summed E-state index contributed by atoms with van der Waals surface area (Å²) in [6.45, 7) is 0. The maximum Gasteiger partial charge on any atom is 0.248 e. The zero-order chi connectivity index (χ0) is 19.6. The molecule has 0 unspecified atom stereocenters. The fourth-order valence-electron chi connectivity index (χ4n) is 4.22. The van der Waals surface area contributed by atoms with Crippen molar-refractivity contribution < 1.29 is 4.79 Å². The largest absolute Gasteiger partial charge is 0.355 e. The molecule has 1 saturated carbocycles. The van der Waals surface area contributed by atoms with Crippen LogP contribution in [-0.4, -0.2) is 37.1 Å². The Morgan fingerprint density at radius 1 is 0.966 bits per heavy atom. The van der Waals surface area contributed by atoms with Crippen LogP contribution < -0.4 is 10.6 Å². The molecule has 2 aliphatic rings. The van der Waals surface area contributed by atoms with E-state index < -0.39 is 0 Å². The van der Waals surface area contributed by atoms with Gasteiger partial charge in [0.05, 0.1) is 11.9 Å². The number of anilines is 2. The van der Waals surface area contributed by atoms with E-state index in [0.717, 1.165) is 29.1 Å². The van der Waals surface area contributed by atoms with E-state index >= 15 is 0 Å². The van der Waals surface area contributed by atoms with Crippen molar-refractivity contribution in [1.29, 1.82) is 0 Å². The molecule has 29 heavy (non-hydrogen) atoms. The lowest BCUT2D eigenvalue weighted by Gasteiger charge is -2.30. The second-order valence-electron chi connectivity index (χ2n) is 7.79. The topological polar surface area (TPSA) is 108 Å². The van der Waals surface area contributed by atoms with Gasteiger partial charge in [0.25, 0.3) is 0 Å². The van der Waals surface area contributed by atoms with Gasteiger partial charge in [-0.2, -0.15) is 5.10 Å². The van der Waals surface area contributed by atoms with Crippen LogP contribution in [0.4, 0.5) is 11.6 Å². The van der Waals surface area contributed by atoms with Crippen molar-refractivity contribution >= 4 is 17.5 Å². The van der Waals surface area contributed by atoms with Crippen molar-refractivity contribution in [2.24, 2.45) is 5.92 Å². The van der Waals surface area contributed by atoms with Crippen LogP contribution in [0.25, 0.3) is 22.6 Å². The average molecular weight is 389 g/mol. The van der Waals surface area contributed by atoms with Gasteiger partial charge in [0.2, 0.25) is 5.91 Å². The van der Waals surface area contributed by atoms with Crippen LogP contribution in [0.3, 0.4) is 0 Å². The van der Waals surface area contributed by atoms with Gasteiger partial charge >= 0.3 is 0 Å². The maximum atomic E-state index is 12.5. The van der Waals surface area contributed by atoms with E-state index in [1.807, 2.05) is 24.3 Å². The van der Waals surface area contributed by atoms with E-state index in [1.165, 1.54) is 38.4 Å². The van der Waals surface area contributed by atoms with Gasteiger partial charge in [0.1, 0.15) is 12.4 Å². The minimum absolute atomic E-state index is 0.0125. The van der Waals surface area contributed by atoms with E-state index in [9.17, 15) is 4.79 Å². The normalized spacial score (nSPS) is 19.3. The van der Waals surface area contributed by atoms with Crippen LogP contribution >= 0.6 is 0 Å². The van der Waals surface area contributed by atoms with Gasteiger partial charge in [-0.1, -0.05) is 56.4 Å². The van der Waals surface area contributed by atoms with Crippen molar-refractivity contribution in [1.82, 2.24) is 25.1 Å². The number of rotatable bonds is 4. The Kier molecular flexibility index (Phi) is 4.67. The van der Waals surface area contributed by atoms with Gasteiger partial charge in [0, 0.05) is 11.1 Å². The number of nitrogens with zero attached hydrogens (tertiary/aromatic N) is 4. The molecule has 3 aromatic rings. The molecule has 1 atom stereocenters. The first-order valence-electron chi connectivity index (χ1n) is 10.2. The lowest BCUT2D eigenvalue weighted by molar-refractivity contribution is -0.117. The smallest absolute Gasteiger partial charge is 0.248 e. The van der Waals surface area contributed by atoms with E-state index in [4.69, 9.17) is 4.98 Å². The molecule has 0 spiro atoms. The fraction of sp³-hybridized carbons (Fsp3) is 0.381. The molecule has 0 radical (unpaired) electrons. The Morgan fingerprint density at radius 3 is 2.52 bits per heavy atom. The molecular weight excluding hydrogens is 366 g/mol. The zero-order valence-electron chi connectivity index (χ0n) is 16.1. The summed E-state index contributed by atoms with van der Waals surface area (Å²) >= 11 is 0. The molecule has 1 aliphatic heterocycles. The first-order chi connectivity index (χ1) is 14.3. The van der Waals surface area contributed by atoms with Crippen LogP contribution in [-0.2, 0) is 4.79 Å². The standard InChI is InChI=1S/C21H23N7O/c29-21-16(10-13-4-2-1-3-5-13)25-20-19(27-21)22-11-17(26-20)14-6-8-15(9-7-14)18-23-12-24-28-18/h6-9,11-13,16H,1-5,10H2,(H,25,26)(H,22,27,29)(H,23,24,28)/t16-/m0/s1. The van der Waals surface area contributed by atoms with Crippen LogP contribution in [0.1, 0.15) is 38.5 Å². The van der Waals surface area contributed by atoms with Gasteiger partial charge in [0.15, 0.2) is 17.5 Å². The second kappa shape index (κ2) is 7.62. The van der Waals surface area contributed by atoms with E-state index in [0.29, 0.717) is 17.6 Å². The Balaban J connectivity index is 1.35. The van der Waals surface area contributed by atoms with Crippen LogP contribution in [0.2, 0.25) is 0 Å². The monoisotopic (exact) mass is 389 g/mol. The fourth-order valence-corrected chi connectivity index (χ4v) is 4.22. The van der Waals surface area contributed by atoms with Crippen molar-refractivity contribution in [2.45, 2.75) is 44.6 Å². The molecule has 8 heteroatoms. The summed E-state index contributed by atoms with van der Waals surface area (Å²) in [7, 11) is 0. The summed E-state index contributed by atoms with van der Waals surface area (Å²) in [4.78, 5) is 25.8. The molecule has 148 valence electrons. The van der Waals surface area contributed by atoms with Crippen molar-refractivity contribution in [3.05, 3.63) is 36.8 Å². The third-order valence-corrected chi connectivity index (χ3v) is 5.80. The summed E-state index contributed by atoms with van der Waals surface area (Å²) in [6.07, 6.45) is 10.3. The number of benzene rings is 1. The van der Waals surface area contributed by atoms with Gasteiger partial charge in [-0.25, -0.2) is 15.0 Å². The molecule has 3 N–H and O–H groups in total. The minimum atomic E-state index is -0.246. The number of H-pyrrole nitrogens is 1. The third-order valence-electron chi connectivity index (χ3n) is 5.80. The number of hydrogen-bond acceptors (Lipinski definition) is 6. The van der Waals surface area contributed by atoms with Crippen molar-refractivity contribution in [2.75, 3.05) is 10.6 Å². The minimum Gasteiger partial charge on any atom is -0.355 e. The summed E-state index contributed by atoms with van der Waals surface area (Å²) in [5.74, 6) is 2.46. The lowest BCUT2D eigenvalue weighted by atomic mass is 9.84. The Labute approximate surface area is 168 Å². The molecular formula is C21H23N7O. The molecule has 1 fully saturated rings. The van der Waals surface area contributed by atoms with E-state index in [2.05, 4.69) is 30.8 Å². The first-order valence-corrected chi connectivity index (χ1v) is 10.2. The number of hydrogen-bond donors (Lipinski definition) is 3. The molecule has 1 amide bonds. The molecule has 0 saturated heterocycles. The molecule has 0 bridgehead atoms. The van der Waals surface area contributed by atoms with Crippen LogP contribution in [0.5, 0.6) is 0 Å².